The molecule has 0 aliphatic heterocycles. The van der Waals surface area contributed by atoms with Crippen molar-refractivity contribution in [3.05, 3.63) is 59.2 Å². The van der Waals surface area contributed by atoms with Crippen molar-refractivity contribution in [1.82, 2.24) is 0 Å². The average Bonchev–Trinajstić information content (AvgIpc) is 3.06. The first-order valence-corrected chi connectivity index (χ1v) is 10.2. The molecule has 0 aromatic heterocycles. The molecule has 0 amide bonds. The van der Waals surface area contributed by atoms with Gasteiger partial charge in [-0.3, -0.25) is 0 Å². The molecule has 2 aliphatic carbocycles. The van der Waals surface area contributed by atoms with Crippen molar-refractivity contribution < 1.29 is 9.47 Å². The Morgan fingerprint density at radius 2 is 1.93 bits per heavy atom. The van der Waals surface area contributed by atoms with Crippen LogP contribution in [0.3, 0.4) is 0 Å². The van der Waals surface area contributed by atoms with Crippen LogP contribution < -0.4 is 15.2 Å². The summed E-state index contributed by atoms with van der Waals surface area (Å²) >= 11 is 0. The van der Waals surface area contributed by atoms with Gasteiger partial charge in [0, 0.05) is 11.6 Å². The molecule has 1 fully saturated rings. The maximum atomic E-state index is 6.34. The molecule has 2 aliphatic rings. The van der Waals surface area contributed by atoms with E-state index in [-0.39, 0.29) is 5.54 Å². The van der Waals surface area contributed by atoms with Crippen LogP contribution in [0.15, 0.2) is 42.5 Å². The van der Waals surface area contributed by atoms with Gasteiger partial charge in [0.2, 0.25) is 0 Å². The Bertz CT molecular complexity index is 799. The van der Waals surface area contributed by atoms with Crippen LogP contribution in [0.25, 0.3) is 0 Å². The van der Waals surface area contributed by atoms with Crippen molar-refractivity contribution in [2.24, 2.45) is 11.7 Å². The molecule has 27 heavy (non-hydrogen) atoms. The van der Waals surface area contributed by atoms with E-state index < -0.39 is 0 Å². The minimum Gasteiger partial charge on any atom is -0.497 e. The average molecular weight is 366 g/mol. The van der Waals surface area contributed by atoms with Crippen LogP contribution in [0.1, 0.15) is 55.2 Å². The second-order valence-corrected chi connectivity index (χ2v) is 8.72. The Balaban J connectivity index is 1.37. The topological polar surface area (TPSA) is 44.5 Å². The summed E-state index contributed by atoms with van der Waals surface area (Å²) in [5.74, 6) is 2.95. The van der Waals surface area contributed by atoms with Gasteiger partial charge in [0.05, 0.1) is 13.7 Å². The number of rotatable bonds is 5. The van der Waals surface area contributed by atoms with Gasteiger partial charge in [-0.1, -0.05) is 24.3 Å². The number of methoxy groups -OCH3 is 1. The fraction of sp³-hybridized carbons (Fsp3) is 0.500. The van der Waals surface area contributed by atoms with Gasteiger partial charge in [-0.2, -0.15) is 0 Å². The number of hydrogen-bond donors (Lipinski definition) is 1. The first kappa shape index (κ1) is 18.4. The summed E-state index contributed by atoms with van der Waals surface area (Å²) < 4.78 is 11.3. The van der Waals surface area contributed by atoms with E-state index in [0.717, 1.165) is 43.8 Å². The molecule has 2 N–H and O–H groups in total. The van der Waals surface area contributed by atoms with Crippen molar-refractivity contribution in [1.29, 1.82) is 0 Å². The van der Waals surface area contributed by atoms with E-state index >= 15 is 0 Å². The van der Waals surface area contributed by atoms with Crippen LogP contribution >= 0.6 is 0 Å². The molecule has 0 radical (unpaired) electrons. The first-order chi connectivity index (χ1) is 13.0. The first-order valence-electron chi connectivity index (χ1n) is 10.2. The van der Waals surface area contributed by atoms with Gasteiger partial charge in [0.25, 0.3) is 0 Å². The molecule has 3 heteroatoms. The van der Waals surface area contributed by atoms with Crippen LogP contribution in [0.2, 0.25) is 0 Å². The minimum absolute atomic E-state index is 0.0170. The molecule has 3 nitrogen and oxygen atoms in total. The Hall–Kier alpha value is -2.00. The number of fused-ring (bicyclic) bond motifs is 1. The molecule has 1 saturated carbocycles. The van der Waals surface area contributed by atoms with Gasteiger partial charge < -0.3 is 15.2 Å². The smallest absolute Gasteiger partial charge is 0.122 e. The summed E-state index contributed by atoms with van der Waals surface area (Å²) in [4.78, 5) is 0. The minimum atomic E-state index is 0.0170. The lowest BCUT2D eigenvalue weighted by Gasteiger charge is -2.26. The van der Waals surface area contributed by atoms with Gasteiger partial charge in [-0.25, -0.2) is 0 Å². The summed E-state index contributed by atoms with van der Waals surface area (Å²) in [5, 5.41) is 0. The normalized spacial score (nSPS) is 27.2. The second-order valence-electron chi connectivity index (χ2n) is 8.72. The fourth-order valence-electron chi connectivity index (χ4n) is 4.71. The number of ether oxygens (including phenoxy) is 2. The summed E-state index contributed by atoms with van der Waals surface area (Å²) in [7, 11) is 1.69. The third-order valence-corrected chi connectivity index (χ3v) is 6.34. The third kappa shape index (κ3) is 4.30. The van der Waals surface area contributed by atoms with Gasteiger partial charge in [0.15, 0.2) is 0 Å². The fourth-order valence-corrected chi connectivity index (χ4v) is 4.71. The zero-order valence-corrected chi connectivity index (χ0v) is 16.5. The van der Waals surface area contributed by atoms with Crippen molar-refractivity contribution in [2.45, 2.75) is 56.9 Å². The monoisotopic (exact) mass is 365 g/mol. The number of hydrogen-bond acceptors (Lipinski definition) is 3. The highest BCUT2D eigenvalue weighted by molar-refractivity contribution is 5.37. The van der Waals surface area contributed by atoms with Crippen molar-refractivity contribution in [3.63, 3.8) is 0 Å². The lowest BCUT2D eigenvalue weighted by atomic mass is 9.82. The summed E-state index contributed by atoms with van der Waals surface area (Å²) in [5.41, 5.74) is 10.9. The van der Waals surface area contributed by atoms with E-state index in [1.54, 1.807) is 7.11 Å². The van der Waals surface area contributed by atoms with Crippen LogP contribution in [0, 0.1) is 5.92 Å². The van der Waals surface area contributed by atoms with E-state index in [4.69, 9.17) is 15.2 Å². The molecule has 0 heterocycles. The lowest BCUT2D eigenvalue weighted by molar-refractivity contribution is 0.233. The predicted octanol–water partition coefficient (Wildman–Crippen LogP) is 4.86. The number of benzene rings is 2. The zero-order chi connectivity index (χ0) is 18.9. The summed E-state index contributed by atoms with van der Waals surface area (Å²) in [6, 6.07) is 15.0. The highest BCUT2D eigenvalue weighted by atomic mass is 16.5. The SMILES string of the molecule is COc1cccc(OCC2CCc3cc([C@@H]4CC[C@@](C)(N)C4)ccc3C2)c1. The van der Waals surface area contributed by atoms with Gasteiger partial charge >= 0.3 is 0 Å². The van der Waals surface area contributed by atoms with Crippen molar-refractivity contribution in [2.75, 3.05) is 13.7 Å². The van der Waals surface area contributed by atoms with Crippen LogP contribution in [0.5, 0.6) is 11.5 Å². The highest BCUT2D eigenvalue weighted by Crippen LogP contribution is 2.40. The lowest BCUT2D eigenvalue weighted by Crippen LogP contribution is -2.32. The van der Waals surface area contributed by atoms with E-state index in [0.29, 0.717) is 11.8 Å². The van der Waals surface area contributed by atoms with Gasteiger partial charge in [-0.05, 0) is 86.1 Å². The largest absolute Gasteiger partial charge is 0.497 e. The molecule has 0 bridgehead atoms. The molecule has 0 spiro atoms. The van der Waals surface area contributed by atoms with E-state index in [1.165, 1.54) is 29.5 Å². The quantitative estimate of drug-likeness (QED) is 0.822. The van der Waals surface area contributed by atoms with Crippen LogP contribution in [0.4, 0.5) is 0 Å². The van der Waals surface area contributed by atoms with E-state index in [1.807, 2.05) is 24.3 Å². The zero-order valence-electron chi connectivity index (χ0n) is 16.5. The second kappa shape index (κ2) is 7.55. The Kier molecular flexibility index (Phi) is 5.14. The van der Waals surface area contributed by atoms with E-state index in [9.17, 15) is 0 Å². The van der Waals surface area contributed by atoms with Crippen LogP contribution in [-0.4, -0.2) is 19.3 Å². The number of aryl methyl sites for hydroxylation is 1. The standard InChI is InChI=1S/C24H31NO2/c1-24(25)11-10-21(15-24)20-9-8-18-12-17(6-7-19(18)13-20)16-27-23-5-3-4-22(14-23)26-2/h3-5,8-9,13-14,17,21H,6-7,10-12,15-16,25H2,1-2H3/t17?,21-,24-/m1/s1. The van der Waals surface area contributed by atoms with Gasteiger partial charge in [-0.15, -0.1) is 0 Å². The molecular formula is C24H31NO2. The molecule has 144 valence electrons. The predicted molar refractivity (Wildman–Crippen MR) is 110 cm³/mol. The highest BCUT2D eigenvalue weighted by Gasteiger charge is 2.32. The molecule has 2 aromatic carbocycles. The maximum absolute atomic E-state index is 6.34. The van der Waals surface area contributed by atoms with Crippen molar-refractivity contribution in [3.8, 4) is 11.5 Å². The Morgan fingerprint density at radius 1 is 1.07 bits per heavy atom. The molecule has 0 saturated heterocycles. The van der Waals surface area contributed by atoms with Gasteiger partial charge in [0.1, 0.15) is 11.5 Å². The number of nitrogens with two attached hydrogens (primary N) is 1. The summed E-state index contributed by atoms with van der Waals surface area (Å²) in [6.07, 6.45) is 6.94. The third-order valence-electron chi connectivity index (χ3n) is 6.34. The van der Waals surface area contributed by atoms with Crippen molar-refractivity contribution >= 4 is 0 Å². The molecular weight excluding hydrogens is 334 g/mol. The maximum Gasteiger partial charge on any atom is 0.122 e. The molecule has 2 aromatic rings. The molecule has 4 rings (SSSR count). The summed E-state index contributed by atoms with van der Waals surface area (Å²) in [6.45, 7) is 2.96. The Morgan fingerprint density at radius 3 is 2.70 bits per heavy atom. The van der Waals surface area contributed by atoms with Crippen LogP contribution in [-0.2, 0) is 12.8 Å². The Labute approximate surface area is 162 Å². The molecule has 3 atom stereocenters. The molecule has 1 unspecified atom stereocenters. The van der Waals surface area contributed by atoms with E-state index in [2.05, 4.69) is 25.1 Å².